The number of anilines is 2. The van der Waals surface area contributed by atoms with Crippen molar-refractivity contribution in [2.75, 3.05) is 18.2 Å². The molecule has 0 unspecified atom stereocenters. The number of aromatic nitrogens is 2. The number of amides is 1. The van der Waals surface area contributed by atoms with Gasteiger partial charge in [-0.1, -0.05) is 0 Å². The molecule has 0 spiro atoms. The zero-order valence-electron chi connectivity index (χ0n) is 14.4. The van der Waals surface area contributed by atoms with E-state index in [2.05, 4.69) is 10.4 Å². The highest BCUT2D eigenvalue weighted by Gasteiger charge is 2.20. The van der Waals surface area contributed by atoms with Crippen LogP contribution in [0.5, 0.6) is 11.5 Å². The van der Waals surface area contributed by atoms with Gasteiger partial charge < -0.3 is 20.3 Å². The summed E-state index contributed by atoms with van der Waals surface area (Å²) in [5, 5.41) is 16.9. The molecule has 2 aromatic rings. The third-order valence-electron chi connectivity index (χ3n) is 3.17. The van der Waals surface area contributed by atoms with Gasteiger partial charge >= 0.3 is 6.09 Å². The van der Waals surface area contributed by atoms with Gasteiger partial charge in [0, 0.05) is 12.6 Å². The summed E-state index contributed by atoms with van der Waals surface area (Å²) in [4.78, 5) is 12.0. The number of hydrogen-bond acceptors (Lipinski definition) is 6. The van der Waals surface area contributed by atoms with Crippen LogP contribution in [0.15, 0.2) is 18.3 Å². The number of ether oxygens (including phenoxy) is 2. The second-order valence-electron chi connectivity index (χ2n) is 6.27. The van der Waals surface area contributed by atoms with E-state index in [0.717, 1.165) is 0 Å². The van der Waals surface area contributed by atoms with Gasteiger partial charge in [0.2, 0.25) is 0 Å². The van der Waals surface area contributed by atoms with Crippen molar-refractivity contribution in [3.05, 3.63) is 18.3 Å². The van der Waals surface area contributed by atoms with Crippen LogP contribution in [-0.4, -0.2) is 33.7 Å². The Balaban J connectivity index is 2.45. The molecule has 0 saturated carbocycles. The second-order valence-corrected chi connectivity index (χ2v) is 6.27. The smallest absolute Gasteiger partial charge is 0.412 e. The molecule has 1 aromatic heterocycles. The number of rotatable bonds is 3. The van der Waals surface area contributed by atoms with Gasteiger partial charge in [-0.15, -0.1) is 0 Å². The number of carbonyl (C=O) groups excluding carboxylic acids is 1. The van der Waals surface area contributed by atoms with Crippen LogP contribution >= 0.6 is 0 Å². The lowest BCUT2D eigenvalue weighted by molar-refractivity contribution is 0.0635. The third-order valence-corrected chi connectivity index (χ3v) is 3.17. The second kappa shape index (κ2) is 6.31. The van der Waals surface area contributed by atoms with Gasteiger partial charge in [-0.2, -0.15) is 5.10 Å². The molecule has 0 radical (unpaired) electrons. The maximum Gasteiger partial charge on any atom is 0.412 e. The molecule has 0 aliphatic heterocycles. The maximum atomic E-state index is 12.0. The number of carbonyl (C=O) groups is 1. The van der Waals surface area contributed by atoms with E-state index in [4.69, 9.17) is 15.2 Å². The lowest BCUT2D eigenvalue weighted by Gasteiger charge is -2.20. The van der Waals surface area contributed by atoms with Crippen molar-refractivity contribution in [1.82, 2.24) is 9.78 Å². The highest BCUT2D eigenvalue weighted by atomic mass is 16.6. The van der Waals surface area contributed by atoms with E-state index >= 15 is 0 Å². The average Bonchev–Trinajstić information content (AvgIpc) is 2.78. The van der Waals surface area contributed by atoms with Crippen LogP contribution in [0.4, 0.5) is 16.2 Å². The predicted molar refractivity (Wildman–Crippen MR) is 91.1 cm³/mol. The van der Waals surface area contributed by atoms with E-state index < -0.39 is 11.7 Å². The summed E-state index contributed by atoms with van der Waals surface area (Å²) in [6, 6.07) is 3.19. The fourth-order valence-corrected chi connectivity index (χ4v) is 2.22. The SMILES string of the molecule is COc1cc(-c2c(N)cnn2C)cc(NC(=O)OC(C)(C)C)c1O. The Labute approximate surface area is 140 Å². The van der Waals surface area contributed by atoms with Crippen molar-refractivity contribution in [1.29, 1.82) is 0 Å². The number of nitrogens with zero attached hydrogens (tertiary/aromatic N) is 2. The van der Waals surface area contributed by atoms with E-state index in [1.54, 1.807) is 44.6 Å². The monoisotopic (exact) mass is 334 g/mol. The topological polar surface area (TPSA) is 112 Å². The van der Waals surface area contributed by atoms with E-state index in [-0.39, 0.29) is 17.2 Å². The van der Waals surface area contributed by atoms with E-state index in [1.807, 2.05) is 0 Å². The number of aryl methyl sites for hydroxylation is 1. The molecular weight excluding hydrogens is 312 g/mol. The van der Waals surface area contributed by atoms with E-state index in [9.17, 15) is 9.90 Å². The van der Waals surface area contributed by atoms with Crippen LogP contribution in [0.3, 0.4) is 0 Å². The molecule has 130 valence electrons. The summed E-state index contributed by atoms with van der Waals surface area (Å²) in [5.41, 5.74) is 7.17. The van der Waals surface area contributed by atoms with Gasteiger partial charge in [0.25, 0.3) is 0 Å². The number of phenolic OH excluding ortho intramolecular Hbond substituents is 1. The Morgan fingerprint density at radius 2 is 2.04 bits per heavy atom. The Morgan fingerprint density at radius 3 is 2.54 bits per heavy atom. The lowest BCUT2D eigenvalue weighted by Crippen LogP contribution is -2.27. The lowest BCUT2D eigenvalue weighted by atomic mass is 10.1. The number of methoxy groups -OCH3 is 1. The molecule has 0 bridgehead atoms. The van der Waals surface area contributed by atoms with Crippen LogP contribution in [0.1, 0.15) is 20.8 Å². The fourth-order valence-electron chi connectivity index (χ4n) is 2.22. The summed E-state index contributed by atoms with van der Waals surface area (Å²) in [7, 11) is 3.16. The first-order chi connectivity index (χ1) is 11.1. The van der Waals surface area contributed by atoms with Gasteiger partial charge in [-0.05, 0) is 32.9 Å². The molecule has 24 heavy (non-hydrogen) atoms. The maximum absolute atomic E-state index is 12.0. The third kappa shape index (κ3) is 3.70. The summed E-state index contributed by atoms with van der Waals surface area (Å²) in [5.74, 6) is -0.00740. The van der Waals surface area contributed by atoms with Gasteiger partial charge in [0.05, 0.1) is 30.4 Å². The van der Waals surface area contributed by atoms with Crippen molar-refractivity contribution in [3.63, 3.8) is 0 Å². The van der Waals surface area contributed by atoms with Gasteiger partial charge in [0.1, 0.15) is 5.60 Å². The first kappa shape index (κ1) is 17.5. The zero-order valence-corrected chi connectivity index (χ0v) is 14.4. The Morgan fingerprint density at radius 1 is 1.38 bits per heavy atom. The normalized spacial score (nSPS) is 11.2. The molecule has 0 aliphatic carbocycles. The number of benzene rings is 1. The molecule has 8 heteroatoms. The molecule has 8 nitrogen and oxygen atoms in total. The van der Waals surface area contributed by atoms with Crippen LogP contribution in [0.2, 0.25) is 0 Å². The summed E-state index contributed by atoms with van der Waals surface area (Å²) in [6.45, 7) is 5.25. The minimum absolute atomic E-state index is 0.152. The van der Waals surface area contributed by atoms with Crippen LogP contribution < -0.4 is 15.8 Å². The van der Waals surface area contributed by atoms with Gasteiger partial charge in [0.15, 0.2) is 11.5 Å². The Hall–Kier alpha value is -2.90. The van der Waals surface area contributed by atoms with Gasteiger partial charge in [-0.25, -0.2) is 4.79 Å². The predicted octanol–water partition coefficient (Wildman–Crippen LogP) is 2.73. The molecule has 0 fully saturated rings. The van der Waals surface area contributed by atoms with Crippen LogP contribution in [0.25, 0.3) is 11.3 Å². The van der Waals surface area contributed by atoms with Gasteiger partial charge in [-0.3, -0.25) is 10.00 Å². The summed E-state index contributed by atoms with van der Waals surface area (Å²) < 4.78 is 12.0. The molecule has 0 saturated heterocycles. The molecule has 1 amide bonds. The number of aromatic hydroxyl groups is 1. The van der Waals surface area contributed by atoms with Crippen molar-refractivity contribution >= 4 is 17.5 Å². The minimum atomic E-state index is -0.685. The van der Waals surface area contributed by atoms with Crippen molar-refractivity contribution in [2.45, 2.75) is 26.4 Å². The van der Waals surface area contributed by atoms with Crippen molar-refractivity contribution in [3.8, 4) is 22.8 Å². The molecule has 2 rings (SSSR count). The molecule has 0 aliphatic rings. The number of phenols is 1. The number of nitrogen functional groups attached to an aromatic ring is 1. The number of nitrogens with one attached hydrogen (secondary N) is 1. The molecule has 4 N–H and O–H groups in total. The van der Waals surface area contributed by atoms with Crippen molar-refractivity contribution in [2.24, 2.45) is 7.05 Å². The van der Waals surface area contributed by atoms with Crippen molar-refractivity contribution < 1.29 is 19.4 Å². The van der Waals surface area contributed by atoms with E-state index in [0.29, 0.717) is 16.9 Å². The highest BCUT2D eigenvalue weighted by molar-refractivity contribution is 5.90. The first-order valence-electron chi connectivity index (χ1n) is 7.31. The first-order valence-corrected chi connectivity index (χ1v) is 7.31. The summed E-state index contributed by atoms with van der Waals surface area (Å²) >= 11 is 0. The summed E-state index contributed by atoms with van der Waals surface area (Å²) in [6.07, 6.45) is 0.838. The Kier molecular flexibility index (Phi) is 4.59. The zero-order chi connectivity index (χ0) is 18.1. The molecule has 1 aromatic carbocycles. The fraction of sp³-hybridized carbons (Fsp3) is 0.375. The number of hydrogen-bond donors (Lipinski definition) is 3. The quantitative estimate of drug-likeness (QED) is 0.744. The number of nitrogens with two attached hydrogens (primary N) is 1. The molecule has 1 heterocycles. The standard InChI is InChI=1S/C16H22N4O4/c1-16(2,3)24-15(22)19-11-6-9(7-12(23-5)14(11)21)13-10(17)8-18-20(13)4/h6-8,21H,17H2,1-5H3,(H,19,22). The minimum Gasteiger partial charge on any atom is -0.503 e. The highest BCUT2D eigenvalue weighted by Crippen LogP contribution is 2.40. The largest absolute Gasteiger partial charge is 0.503 e. The van der Waals surface area contributed by atoms with Crippen LogP contribution in [-0.2, 0) is 11.8 Å². The molecular formula is C16H22N4O4. The Bertz CT molecular complexity index is 743. The van der Waals surface area contributed by atoms with Crippen LogP contribution in [0, 0.1) is 0 Å². The molecule has 0 atom stereocenters. The average molecular weight is 334 g/mol. The van der Waals surface area contributed by atoms with E-state index in [1.165, 1.54) is 13.3 Å².